The number of nitrogens with two attached hydrogens (primary N) is 1. The molecule has 1 aromatic heterocycles. The van der Waals surface area contributed by atoms with E-state index in [0.717, 1.165) is 11.3 Å². The number of anilines is 1. The SMILES string of the molecule is CC(C)NS(=O)(=O)c1cc(N)cs1. The van der Waals surface area contributed by atoms with Gasteiger partial charge in [-0.3, -0.25) is 0 Å². The summed E-state index contributed by atoms with van der Waals surface area (Å²) in [6.45, 7) is 3.54. The molecule has 0 aliphatic heterocycles. The Labute approximate surface area is 81.8 Å². The fourth-order valence-electron chi connectivity index (χ4n) is 0.840. The third-order valence-corrected chi connectivity index (χ3v) is 4.37. The van der Waals surface area contributed by atoms with Crippen molar-refractivity contribution in [2.24, 2.45) is 0 Å². The van der Waals surface area contributed by atoms with Crippen LogP contribution >= 0.6 is 11.3 Å². The Morgan fingerprint density at radius 3 is 2.54 bits per heavy atom. The number of hydrogen-bond acceptors (Lipinski definition) is 4. The summed E-state index contributed by atoms with van der Waals surface area (Å²) in [5.41, 5.74) is 5.90. The Kier molecular flexibility index (Phi) is 2.94. The van der Waals surface area contributed by atoms with Crippen LogP contribution in [-0.4, -0.2) is 14.5 Å². The molecule has 1 aromatic rings. The molecule has 0 aliphatic rings. The molecule has 0 unspecified atom stereocenters. The molecule has 0 saturated carbocycles. The molecule has 0 fully saturated rings. The molecule has 0 aromatic carbocycles. The second-order valence-electron chi connectivity index (χ2n) is 2.98. The summed E-state index contributed by atoms with van der Waals surface area (Å²) in [6, 6.07) is 1.35. The van der Waals surface area contributed by atoms with Gasteiger partial charge in [-0.1, -0.05) is 0 Å². The van der Waals surface area contributed by atoms with Crippen molar-refractivity contribution in [2.75, 3.05) is 5.73 Å². The van der Waals surface area contributed by atoms with Gasteiger partial charge in [0.05, 0.1) is 0 Å². The van der Waals surface area contributed by atoms with Crippen molar-refractivity contribution in [3.8, 4) is 0 Å². The van der Waals surface area contributed by atoms with Crippen molar-refractivity contribution in [3.63, 3.8) is 0 Å². The van der Waals surface area contributed by atoms with E-state index in [-0.39, 0.29) is 10.3 Å². The van der Waals surface area contributed by atoms with E-state index in [0.29, 0.717) is 5.69 Å². The number of nitrogens with one attached hydrogen (secondary N) is 1. The van der Waals surface area contributed by atoms with Gasteiger partial charge in [0, 0.05) is 17.1 Å². The lowest BCUT2D eigenvalue weighted by molar-refractivity contribution is 0.572. The van der Waals surface area contributed by atoms with Gasteiger partial charge in [-0.2, -0.15) is 0 Å². The molecule has 6 heteroatoms. The zero-order valence-corrected chi connectivity index (χ0v) is 9.08. The van der Waals surface area contributed by atoms with Crippen LogP contribution in [0.25, 0.3) is 0 Å². The fraction of sp³-hybridized carbons (Fsp3) is 0.429. The molecule has 3 N–H and O–H groups in total. The summed E-state index contributed by atoms with van der Waals surface area (Å²) in [5, 5.41) is 1.61. The van der Waals surface area contributed by atoms with Gasteiger partial charge in [0.1, 0.15) is 4.21 Å². The Morgan fingerprint density at radius 2 is 2.15 bits per heavy atom. The normalized spacial score (nSPS) is 12.2. The van der Waals surface area contributed by atoms with Crippen molar-refractivity contribution in [3.05, 3.63) is 11.4 Å². The maximum atomic E-state index is 11.5. The Bertz CT molecular complexity index is 381. The first-order valence-corrected chi connectivity index (χ1v) is 6.14. The summed E-state index contributed by atoms with van der Waals surface area (Å²) in [7, 11) is -3.35. The monoisotopic (exact) mass is 220 g/mol. The minimum absolute atomic E-state index is 0.103. The van der Waals surface area contributed by atoms with Crippen molar-refractivity contribution in [1.82, 2.24) is 4.72 Å². The number of nitrogen functional groups attached to an aromatic ring is 1. The van der Waals surface area contributed by atoms with Crippen LogP contribution in [0.1, 0.15) is 13.8 Å². The summed E-state index contributed by atoms with van der Waals surface area (Å²) < 4.78 is 25.7. The van der Waals surface area contributed by atoms with Gasteiger partial charge in [-0.15, -0.1) is 11.3 Å². The van der Waals surface area contributed by atoms with E-state index >= 15 is 0 Å². The molecule has 0 atom stereocenters. The molecular formula is C7H12N2O2S2. The van der Waals surface area contributed by atoms with Crippen molar-refractivity contribution in [1.29, 1.82) is 0 Å². The average molecular weight is 220 g/mol. The van der Waals surface area contributed by atoms with Gasteiger partial charge in [0.2, 0.25) is 10.0 Å². The maximum absolute atomic E-state index is 11.5. The molecule has 0 bridgehead atoms. The lowest BCUT2D eigenvalue weighted by atomic mass is 10.4. The maximum Gasteiger partial charge on any atom is 0.250 e. The second kappa shape index (κ2) is 3.65. The molecular weight excluding hydrogens is 208 g/mol. The van der Waals surface area contributed by atoms with Gasteiger partial charge in [0.15, 0.2) is 0 Å². The molecule has 4 nitrogen and oxygen atoms in total. The van der Waals surface area contributed by atoms with Crippen LogP contribution in [0.15, 0.2) is 15.7 Å². The number of sulfonamides is 1. The summed E-state index contributed by atoms with van der Waals surface area (Å²) in [4.78, 5) is 0. The van der Waals surface area contributed by atoms with Crippen LogP contribution in [0, 0.1) is 0 Å². The molecule has 0 aliphatic carbocycles. The molecule has 13 heavy (non-hydrogen) atoms. The summed E-state index contributed by atoms with van der Waals surface area (Å²) >= 11 is 1.12. The zero-order valence-electron chi connectivity index (χ0n) is 7.44. The van der Waals surface area contributed by atoms with E-state index in [2.05, 4.69) is 4.72 Å². The van der Waals surface area contributed by atoms with Crippen LogP contribution in [0.4, 0.5) is 5.69 Å². The first-order chi connectivity index (χ1) is 5.92. The molecule has 74 valence electrons. The van der Waals surface area contributed by atoms with E-state index in [4.69, 9.17) is 5.73 Å². The fourth-order valence-corrected chi connectivity index (χ4v) is 3.19. The number of rotatable bonds is 3. The van der Waals surface area contributed by atoms with Gasteiger partial charge in [-0.05, 0) is 19.9 Å². The topological polar surface area (TPSA) is 72.2 Å². The molecule has 1 heterocycles. The van der Waals surface area contributed by atoms with E-state index in [1.807, 2.05) is 0 Å². The predicted octanol–water partition coefficient (Wildman–Crippen LogP) is 1.02. The minimum Gasteiger partial charge on any atom is -0.398 e. The van der Waals surface area contributed by atoms with Crippen LogP contribution < -0.4 is 10.5 Å². The van der Waals surface area contributed by atoms with E-state index < -0.39 is 10.0 Å². The predicted molar refractivity (Wildman–Crippen MR) is 54.2 cm³/mol. The van der Waals surface area contributed by atoms with Gasteiger partial charge in [-0.25, -0.2) is 13.1 Å². The quantitative estimate of drug-likeness (QED) is 0.798. The lowest BCUT2D eigenvalue weighted by Crippen LogP contribution is -2.29. The summed E-state index contributed by atoms with van der Waals surface area (Å²) in [5.74, 6) is 0. The number of thiophene rings is 1. The Morgan fingerprint density at radius 1 is 1.54 bits per heavy atom. The van der Waals surface area contributed by atoms with Crippen LogP contribution in [0.5, 0.6) is 0 Å². The highest BCUT2D eigenvalue weighted by atomic mass is 32.2. The molecule has 0 saturated heterocycles. The van der Waals surface area contributed by atoms with Gasteiger partial charge in [0.25, 0.3) is 0 Å². The first-order valence-electron chi connectivity index (χ1n) is 3.78. The molecule has 0 amide bonds. The molecule has 0 spiro atoms. The smallest absolute Gasteiger partial charge is 0.250 e. The number of hydrogen-bond donors (Lipinski definition) is 2. The molecule has 1 rings (SSSR count). The first kappa shape index (κ1) is 10.5. The van der Waals surface area contributed by atoms with E-state index in [9.17, 15) is 8.42 Å². The van der Waals surface area contributed by atoms with Gasteiger partial charge >= 0.3 is 0 Å². The van der Waals surface area contributed by atoms with Gasteiger partial charge < -0.3 is 5.73 Å². The van der Waals surface area contributed by atoms with E-state index in [1.165, 1.54) is 6.07 Å². The minimum atomic E-state index is -3.35. The van der Waals surface area contributed by atoms with E-state index in [1.54, 1.807) is 19.2 Å². The highest BCUT2D eigenvalue weighted by molar-refractivity contribution is 7.91. The summed E-state index contributed by atoms with van der Waals surface area (Å²) in [6.07, 6.45) is 0. The largest absolute Gasteiger partial charge is 0.398 e. The zero-order chi connectivity index (χ0) is 10.1. The third-order valence-electron chi connectivity index (χ3n) is 1.25. The van der Waals surface area contributed by atoms with Crippen LogP contribution in [0.2, 0.25) is 0 Å². The lowest BCUT2D eigenvalue weighted by Gasteiger charge is -2.06. The van der Waals surface area contributed by atoms with Crippen molar-refractivity contribution >= 4 is 27.0 Å². The Hall–Kier alpha value is -0.590. The molecule has 0 radical (unpaired) electrons. The van der Waals surface area contributed by atoms with Crippen molar-refractivity contribution < 1.29 is 8.42 Å². The van der Waals surface area contributed by atoms with Crippen LogP contribution in [0.3, 0.4) is 0 Å². The highest BCUT2D eigenvalue weighted by Gasteiger charge is 2.16. The van der Waals surface area contributed by atoms with Crippen LogP contribution in [-0.2, 0) is 10.0 Å². The third kappa shape index (κ3) is 2.68. The highest BCUT2D eigenvalue weighted by Crippen LogP contribution is 2.21. The standard InChI is InChI=1S/C7H12N2O2S2/c1-5(2)9-13(10,11)7-3-6(8)4-12-7/h3-5,9H,8H2,1-2H3. The van der Waals surface area contributed by atoms with Crippen molar-refractivity contribution in [2.45, 2.75) is 24.1 Å². The average Bonchev–Trinajstić information content (AvgIpc) is 2.32. The Balaban J connectivity index is 2.95. The second-order valence-corrected chi connectivity index (χ2v) is 5.83.